The molecular weight excluding hydrogens is 268 g/mol. The molecule has 0 spiro atoms. The van der Waals surface area contributed by atoms with Gasteiger partial charge in [0.2, 0.25) is 5.91 Å². The van der Waals surface area contributed by atoms with E-state index in [2.05, 4.69) is 10.6 Å². The van der Waals surface area contributed by atoms with E-state index in [1.807, 2.05) is 26.0 Å². The molecule has 1 saturated heterocycles. The van der Waals surface area contributed by atoms with Gasteiger partial charge < -0.3 is 15.4 Å². The van der Waals surface area contributed by atoms with Crippen LogP contribution in [0, 0.1) is 13.8 Å². The highest BCUT2D eigenvalue weighted by Gasteiger charge is 2.16. The van der Waals surface area contributed by atoms with Crippen LogP contribution < -0.4 is 10.6 Å². The standard InChI is InChI=1S/C16H22N2O3/c1-11-5-6-13(8-12(11)2)16(20)18-10-15(19)17-9-14-4-3-7-21-14/h5-6,8,14H,3-4,7,9-10H2,1-2H3,(H,17,19)(H,18,20)/t14-/m1/s1. The van der Waals surface area contributed by atoms with Gasteiger partial charge >= 0.3 is 0 Å². The molecule has 0 radical (unpaired) electrons. The number of ether oxygens (including phenoxy) is 1. The van der Waals surface area contributed by atoms with Crippen molar-refractivity contribution in [2.24, 2.45) is 0 Å². The number of carbonyl (C=O) groups is 2. The minimum absolute atomic E-state index is 0.0154. The zero-order valence-electron chi connectivity index (χ0n) is 12.6. The van der Waals surface area contributed by atoms with Gasteiger partial charge in [-0.2, -0.15) is 0 Å². The molecule has 2 rings (SSSR count). The van der Waals surface area contributed by atoms with E-state index in [0.29, 0.717) is 12.1 Å². The predicted molar refractivity (Wildman–Crippen MR) is 80.2 cm³/mol. The lowest BCUT2D eigenvalue weighted by Gasteiger charge is -2.11. The van der Waals surface area contributed by atoms with Gasteiger partial charge in [-0.15, -0.1) is 0 Å². The first-order valence-electron chi connectivity index (χ1n) is 7.30. The minimum atomic E-state index is -0.231. The molecule has 1 aliphatic rings. The van der Waals surface area contributed by atoms with Crippen molar-refractivity contribution in [2.45, 2.75) is 32.8 Å². The van der Waals surface area contributed by atoms with Crippen LogP contribution in [0.3, 0.4) is 0 Å². The molecule has 1 heterocycles. The third-order valence-corrected chi connectivity index (χ3v) is 3.73. The highest BCUT2D eigenvalue weighted by molar-refractivity contribution is 5.96. The Morgan fingerprint density at radius 3 is 2.71 bits per heavy atom. The van der Waals surface area contributed by atoms with E-state index >= 15 is 0 Å². The van der Waals surface area contributed by atoms with E-state index in [-0.39, 0.29) is 24.5 Å². The number of hydrogen-bond acceptors (Lipinski definition) is 3. The van der Waals surface area contributed by atoms with E-state index in [1.165, 1.54) is 0 Å². The Balaban J connectivity index is 1.74. The first kappa shape index (κ1) is 15.5. The molecule has 0 aromatic heterocycles. The molecule has 1 atom stereocenters. The van der Waals surface area contributed by atoms with Crippen LogP contribution in [-0.2, 0) is 9.53 Å². The van der Waals surface area contributed by atoms with Crippen molar-refractivity contribution >= 4 is 11.8 Å². The van der Waals surface area contributed by atoms with E-state index < -0.39 is 0 Å². The Bertz CT molecular complexity index is 522. The molecule has 0 saturated carbocycles. The first-order chi connectivity index (χ1) is 10.1. The second kappa shape index (κ2) is 7.22. The second-order valence-corrected chi connectivity index (χ2v) is 5.42. The van der Waals surface area contributed by atoms with E-state index in [4.69, 9.17) is 4.74 Å². The Morgan fingerprint density at radius 2 is 2.05 bits per heavy atom. The average molecular weight is 290 g/mol. The second-order valence-electron chi connectivity index (χ2n) is 5.42. The number of carbonyl (C=O) groups excluding carboxylic acids is 2. The van der Waals surface area contributed by atoms with E-state index in [1.54, 1.807) is 6.07 Å². The summed E-state index contributed by atoms with van der Waals surface area (Å²) in [6.45, 7) is 5.22. The SMILES string of the molecule is Cc1ccc(C(=O)NCC(=O)NC[C@H]2CCCO2)cc1C. The van der Waals surface area contributed by atoms with Gasteiger partial charge in [-0.05, 0) is 49.9 Å². The number of rotatable bonds is 5. The van der Waals surface area contributed by atoms with Crippen molar-refractivity contribution in [3.63, 3.8) is 0 Å². The summed E-state index contributed by atoms with van der Waals surface area (Å²) in [6.07, 6.45) is 2.14. The summed E-state index contributed by atoms with van der Waals surface area (Å²) in [6, 6.07) is 5.50. The summed E-state index contributed by atoms with van der Waals surface area (Å²) < 4.78 is 5.42. The van der Waals surface area contributed by atoms with Crippen LogP contribution in [-0.4, -0.2) is 37.6 Å². The molecule has 2 amide bonds. The molecule has 5 nitrogen and oxygen atoms in total. The molecule has 0 aliphatic carbocycles. The van der Waals surface area contributed by atoms with Crippen LogP contribution >= 0.6 is 0 Å². The third-order valence-electron chi connectivity index (χ3n) is 3.73. The largest absolute Gasteiger partial charge is 0.376 e. The lowest BCUT2D eigenvalue weighted by atomic mass is 10.1. The molecule has 114 valence electrons. The molecule has 1 aromatic carbocycles. The van der Waals surface area contributed by atoms with E-state index in [0.717, 1.165) is 30.6 Å². The number of hydrogen-bond donors (Lipinski definition) is 2. The molecule has 1 fully saturated rings. The summed E-state index contributed by atoms with van der Waals surface area (Å²) in [5, 5.41) is 5.40. The molecular formula is C16H22N2O3. The quantitative estimate of drug-likeness (QED) is 0.859. The van der Waals surface area contributed by atoms with Gasteiger partial charge in [-0.1, -0.05) is 6.07 Å². The van der Waals surface area contributed by atoms with Crippen molar-refractivity contribution < 1.29 is 14.3 Å². The van der Waals surface area contributed by atoms with Crippen LogP contribution in [0.4, 0.5) is 0 Å². The van der Waals surface area contributed by atoms with Gasteiger partial charge in [0, 0.05) is 18.7 Å². The highest BCUT2D eigenvalue weighted by Crippen LogP contribution is 2.10. The maximum absolute atomic E-state index is 12.0. The van der Waals surface area contributed by atoms with Crippen LogP contribution in [0.5, 0.6) is 0 Å². The lowest BCUT2D eigenvalue weighted by Crippen LogP contribution is -2.39. The Morgan fingerprint density at radius 1 is 1.24 bits per heavy atom. The summed E-state index contributed by atoms with van der Waals surface area (Å²) >= 11 is 0. The molecule has 0 unspecified atom stereocenters. The van der Waals surface area contributed by atoms with Gasteiger partial charge in [0.05, 0.1) is 12.6 Å². The molecule has 5 heteroatoms. The molecule has 21 heavy (non-hydrogen) atoms. The smallest absolute Gasteiger partial charge is 0.251 e. The summed E-state index contributed by atoms with van der Waals surface area (Å²) in [4.78, 5) is 23.6. The maximum Gasteiger partial charge on any atom is 0.251 e. The van der Waals surface area contributed by atoms with Gasteiger partial charge in [0.1, 0.15) is 0 Å². The topological polar surface area (TPSA) is 67.4 Å². The van der Waals surface area contributed by atoms with Crippen molar-refractivity contribution in [1.82, 2.24) is 10.6 Å². The maximum atomic E-state index is 12.0. The zero-order chi connectivity index (χ0) is 15.2. The van der Waals surface area contributed by atoms with E-state index in [9.17, 15) is 9.59 Å². The number of amides is 2. The van der Waals surface area contributed by atoms with Crippen molar-refractivity contribution in [3.8, 4) is 0 Å². The van der Waals surface area contributed by atoms with Crippen LogP contribution in [0.2, 0.25) is 0 Å². The van der Waals surface area contributed by atoms with Gasteiger partial charge in [0.25, 0.3) is 5.91 Å². The molecule has 1 aromatic rings. The molecule has 2 N–H and O–H groups in total. The number of aryl methyl sites for hydroxylation is 2. The fraction of sp³-hybridized carbons (Fsp3) is 0.500. The number of nitrogens with one attached hydrogen (secondary N) is 2. The zero-order valence-corrected chi connectivity index (χ0v) is 12.6. The lowest BCUT2D eigenvalue weighted by molar-refractivity contribution is -0.120. The monoisotopic (exact) mass is 290 g/mol. The highest BCUT2D eigenvalue weighted by atomic mass is 16.5. The van der Waals surface area contributed by atoms with Gasteiger partial charge in [-0.25, -0.2) is 0 Å². The molecule has 1 aliphatic heterocycles. The van der Waals surface area contributed by atoms with Gasteiger partial charge in [-0.3, -0.25) is 9.59 Å². The Hall–Kier alpha value is -1.88. The first-order valence-corrected chi connectivity index (χ1v) is 7.30. The minimum Gasteiger partial charge on any atom is -0.376 e. The van der Waals surface area contributed by atoms with Gasteiger partial charge in [0.15, 0.2) is 0 Å². The summed E-state index contributed by atoms with van der Waals surface area (Å²) in [5.74, 6) is -0.423. The third kappa shape index (κ3) is 4.56. The predicted octanol–water partition coefficient (Wildman–Crippen LogP) is 1.33. The van der Waals surface area contributed by atoms with Crippen LogP contribution in [0.15, 0.2) is 18.2 Å². The summed E-state index contributed by atoms with van der Waals surface area (Å²) in [5.41, 5.74) is 2.77. The fourth-order valence-electron chi connectivity index (χ4n) is 2.24. The molecule has 0 bridgehead atoms. The van der Waals surface area contributed by atoms with Crippen LogP contribution in [0.25, 0.3) is 0 Å². The number of benzene rings is 1. The average Bonchev–Trinajstić information content (AvgIpc) is 2.98. The van der Waals surface area contributed by atoms with Crippen LogP contribution in [0.1, 0.15) is 34.3 Å². The Labute approximate surface area is 125 Å². The van der Waals surface area contributed by atoms with Crippen molar-refractivity contribution in [3.05, 3.63) is 34.9 Å². The Kier molecular flexibility index (Phi) is 5.33. The van der Waals surface area contributed by atoms with Crippen molar-refractivity contribution in [2.75, 3.05) is 19.7 Å². The normalized spacial score (nSPS) is 17.5. The fourth-order valence-corrected chi connectivity index (χ4v) is 2.24. The van der Waals surface area contributed by atoms with Crippen molar-refractivity contribution in [1.29, 1.82) is 0 Å². The summed E-state index contributed by atoms with van der Waals surface area (Å²) in [7, 11) is 0.